The van der Waals surface area contributed by atoms with Gasteiger partial charge < -0.3 is 0 Å². The summed E-state index contributed by atoms with van der Waals surface area (Å²) in [5, 5.41) is 1.24. The second kappa shape index (κ2) is 4.73. The van der Waals surface area contributed by atoms with Gasteiger partial charge in [0.25, 0.3) is 0 Å². The Bertz CT molecular complexity index is 700. The van der Waals surface area contributed by atoms with Gasteiger partial charge >= 0.3 is 0 Å². The molecule has 0 radical (unpaired) electrons. The first-order valence-corrected chi connectivity index (χ1v) is 7.13. The van der Waals surface area contributed by atoms with Gasteiger partial charge in [0.05, 0.1) is 21.8 Å². The Morgan fingerprint density at radius 3 is 2.89 bits per heavy atom. The van der Waals surface area contributed by atoms with Crippen LogP contribution in [0.2, 0.25) is 0 Å². The maximum atomic E-state index is 4.55. The molecule has 0 saturated heterocycles. The highest BCUT2D eigenvalue weighted by molar-refractivity contribution is 9.10. The fourth-order valence-corrected chi connectivity index (χ4v) is 2.96. The lowest BCUT2D eigenvalue weighted by molar-refractivity contribution is 0.773. The first-order chi connectivity index (χ1) is 8.81. The summed E-state index contributed by atoms with van der Waals surface area (Å²) in [5.41, 5.74) is 3.58. The lowest BCUT2D eigenvalue weighted by Crippen LogP contribution is -1.93. The third-order valence-electron chi connectivity index (χ3n) is 3.31. The standard InChI is InChI=1S/C15H15BrN2/c1-2-3-6-11-9-14-15(16)12-7-4-5-8-13(12)18(14)10-17-11/h4-5,7-10H,2-3,6H2,1H3. The second-order valence-electron chi connectivity index (χ2n) is 4.57. The fraction of sp³-hybridized carbons (Fsp3) is 0.267. The van der Waals surface area contributed by atoms with Crippen LogP contribution >= 0.6 is 15.9 Å². The van der Waals surface area contributed by atoms with E-state index in [0.29, 0.717) is 0 Å². The number of para-hydroxylation sites is 1. The topological polar surface area (TPSA) is 17.3 Å². The van der Waals surface area contributed by atoms with Gasteiger partial charge in [-0.25, -0.2) is 4.98 Å². The van der Waals surface area contributed by atoms with E-state index >= 15 is 0 Å². The molecule has 3 rings (SSSR count). The summed E-state index contributed by atoms with van der Waals surface area (Å²) in [4.78, 5) is 4.55. The zero-order valence-electron chi connectivity index (χ0n) is 10.4. The van der Waals surface area contributed by atoms with Crippen molar-refractivity contribution in [2.24, 2.45) is 0 Å². The highest BCUT2D eigenvalue weighted by Crippen LogP contribution is 2.31. The van der Waals surface area contributed by atoms with Gasteiger partial charge in [0.15, 0.2) is 0 Å². The third-order valence-corrected chi connectivity index (χ3v) is 4.15. The SMILES string of the molecule is CCCCc1cc2c(Br)c3ccccc3n2cn1. The molecular formula is C15H15BrN2. The number of halogens is 1. The van der Waals surface area contributed by atoms with Crippen LogP contribution in [-0.4, -0.2) is 9.38 Å². The number of fused-ring (bicyclic) bond motifs is 3. The van der Waals surface area contributed by atoms with Crippen LogP contribution < -0.4 is 0 Å². The average Bonchev–Trinajstić information content (AvgIpc) is 2.71. The molecule has 0 aliphatic heterocycles. The number of hydrogen-bond acceptors (Lipinski definition) is 1. The molecule has 2 nitrogen and oxygen atoms in total. The molecule has 2 heterocycles. The summed E-state index contributed by atoms with van der Waals surface area (Å²) in [6, 6.07) is 10.6. The molecule has 3 heteroatoms. The molecule has 3 aromatic rings. The van der Waals surface area contributed by atoms with Crippen molar-refractivity contribution >= 4 is 32.3 Å². The zero-order chi connectivity index (χ0) is 12.5. The van der Waals surface area contributed by atoms with Gasteiger partial charge in [-0.05, 0) is 40.9 Å². The number of rotatable bonds is 3. The quantitative estimate of drug-likeness (QED) is 0.691. The van der Waals surface area contributed by atoms with Crippen LogP contribution in [0, 0.1) is 0 Å². The normalized spacial score (nSPS) is 11.4. The first kappa shape index (κ1) is 11.7. The van der Waals surface area contributed by atoms with E-state index in [4.69, 9.17) is 0 Å². The Balaban J connectivity index is 2.22. The number of unbranched alkanes of at least 4 members (excludes halogenated alkanes) is 1. The van der Waals surface area contributed by atoms with Crippen LogP contribution in [-0.2, 0) is 6.42 Å². The van der Waals surface area contributed by atoms with Gasteiger partial charge in [-0.1, -0.05) is 31.5 Å². The Hall–Kier alpha value is -1.35. The summed E-state index contributed by atoms with van der Waals surface area (Å²) in [7, 11) is 0. The van der Waals surface area contributed by atoms with E-state index in [1.165, 1.54) is 39.4 Å². The van der Waals surface area contributed by atoms with Gasteiger partial charge in [0.1, 0.15) is 0 Å². The van der Waals surface area contributed by atoms with Crippen molar-refractivity contribution in [2.75, 3.05) is 0 Å². The lowest BCUT2D eigenvalue weighted by atomic mass is 10.2. The summed E-state index contributed by atoms with van der Waals surface area (Å²) >= 11 is 3.71. The molecule has 0 aliphatic carbocycles. The van der Waals surface area contributed by atoms with Crippen molar-refractivity contribution in [1.82, 2.24) is 9.38 Å². The number of hydrogen-bond donors (Lipinski definition) is 0. The van der Waals surface area contributed by atoms with E-state index in [9.17, 15) is 0 Å². The Labute approximate surface area is 115 Å². The Morgan fingerprint density at radius 1 is 1.22 bits per heavy atom. The van der Waals surface area contributed by atoms with E-state index in [1.807, 2.05) is 6.33 Å². The van der Waals surface area contributed by atoms with Crippen molar-refractivity contribution in [3.63, 3.8) is 0 Å². The molecule has 0 aliphatic rings. The van der Waals surface area contributed by atoms with Crippen molar-refractivity contribution in [1.29, 1.82) is 0 Å². The highest BCUT2D eigenvalue weighted by Gasteiger charge is 2.09. The molecule has 2 aromatic heterocycles. The Morgan fingerprint density at radius 2 is 2.06 bits per heavy atom. The second-order valence-corrected chi connectivity index (χ2v) is 5.36. The zero-order valence-corrected chi connectivity index (χ0v) is 11.9. The van der Waals surface area contributed by atoms with Gasteiger partial charge in [0, 0.05) is 11.1 Å². The van der Waals surface area contributed by atoms with Gasteiger partial charge in [-0.2, -0.15) is 0 Å². The van der Waals surface area contributed by atoms with Crippen molar-refractivity contribution in [2.45, 2.75) is 26.2 Å². The lowest BCUT2D eigenvalue weighted by Gasteiger charge is -2.01. The van der Waals surface area contributed by atoms with Crippen LogP contribution in [0.4, 0.5) is 0 Å². The largest absolute Gasteiger partial charge is 0.299 e. The third kappa shape index (κ3) is 1.83. The van der Waals surface area contributed by atoms with E-state index in [0.717, 1.165) is 6.42 Å². The monoisotopic (exact) mass is 302 g/mol. The van der Waals surface area contributed by atoms with Crippen molar-refractivity contribution in [3.05, 3.63) is 46.8 Å². The highest BCUT2D eigenvalue weighted by atomic mass is 79.9. The minimum atomic E-state index is 1.06. The van der Waals surface area contributed by atoms with E-state index in [2.05, 4.69) is 62.6 Å². The maximum absolute atomic E-state index is 4.55. The minimum absolute atomic E-state index is 1.06. The van der Waals surface area contributed by atoms with Crippen molar-refractivity contribution < 1.29 is 0 Å². The predicted octanol–water partition coefficient (Wildman–Crippen LogP) is 4.59. The number of nitrogens with zero attached hydrogens (tertiary/aromatic N) is 2. The summed E-state index contributed by atoms with van der Waals surface area (Å²) in [6.07, 6.45) is 5.40. The fourth-order valence-electron chi connectivity index (χ4n) is 2.32. The minimum Gasteiger partial charge on any atom is -0.299 e. The number of aryl methyl sites for hydroxylation is 1. The number of benzene rings is 1. The van der Waals surface area contributed by atoms with E-state index in [1.54, 1.807) is 0 Å². The Kier molecular flexibility index (Phi) is 3.08. The molecule has 0 fully saturated rings. The average molecular weight is 303 g/mol. The van der Waals surface area contributed by atoms with Crippen LogP contribution in [0.25, 0.3) is 16.4 Å². The summed E-state index contributed by atoms with van der Waals surface area (Å²) in [6.45, 7) is 2.21. The van der Waals surface area contributed by atoms with Gasteiger partial charge in [-0.3, -0.25) is 4.40 Å². The molecule has 92 valence electrons. The molecule has 0 saturated carbocycles. The van der Waals surface area contributed by atoms with Crippen molar-refractivity contribution in [3.8, 4) is 0 Å². The predicted molar refractivity (Wildman–Crippen MR) is 79.0 cm³/mol. The smallest absolute Gasteiger partial charge is 0.0999 e. The molecular weight excluding hydrogens is 288 g/mol. The maximum Gasteiger partial charge on any atom is 0.0999 e. The van der Waals surface area contributed by atoms with E-state index in [-0.39, 0.29) is 0 Å². The molecule has 0 unspecified atom stereocenters. The molecule has 0 spiro atoms. The number of aromatic nitrogens is 2. The molecule has 1 aromatic carbocycles. The molecule has 0 N–H and O–H groups in total. The molecule has 0 bridgehead atoms. The van der Waals surface area contributed by atoms with E-state index < -0.39 is 0 Å². The molecule has 0 amide bonds. The van der Waals surface area contributed by atoms with Crippen LogP contribution in [0.1, 0.15) is 25.5 Å². The van der Waals surface area contributed by atoms with Crippen LogP contribution in [0.3, 0.4) is 0 Å². The van der Waals surface area contributed by atoms with Crippen LogP contribution in [0.5, 0.6) is 0 Å². The summed E-state index contributed by atoms with van der Waals surface area (Å²) < 4.78 is 3.31. The van der Waals surface area contributed by atoms with Crippen LogP contribution in [0.15, 0.2) is 41.1 Å². The molecule has 0 atom stereocenters. The van der Waals surface area contributed by atoms with Gasteiger partial charge in [-0.15, -0.1) is 0 Å². The summed E-state index contributed by atoms with van der Waals surface area (Å²) in [5.74, 6) is 0. The first-order valence-electron chi connectivity index (χ1n) is 6.34. The molecule has 18 heavy (non-hydrogen) atoms. The van der Waals surface area contributed by atoms with Gasteiger partial charge in [0.2, 0.25) is 0 Å².